The number of hydrogen-bond acceptors (Lipinski definition) is 5. The van der Waals surface area contributed by atoms with E-state index in [1.54, 1.807) is 11.6 Å². The highest BCUT2D eigenvalue weighted by Crippen LogP contribution is 2.25. The third-order valence-electron chi connectivity index (χ3n) is 3.27. The second kappa shape index (κ2) is 5.56. The summed E-state index contributed by atoms with van der Waals surface area (Å²) in [5, 5.41) is 4.19. The number of fused-ring (bicyclic) bond motifs is 1. The quantitative estimate of drug-likeness (QED) is 0.865. The monoisotopic (exact) mass is 348 g/mol. The van der Waals surface area contributed by atoms with Crippen LogP contribution in [0.3, 0.4) is 0 Å². The predicted molar refractivity (Wildman–Crippen MR) is 79.0 cm³/mol. The van der Waals surface area contributed by atoms with Gasteiger partial charge in [-0.05, 0) is 19.3 Å². The van der Waals surface area contributed by atoms with Gasteiger partial charge in [0.25, 0.3) is 10.0 Å². The van der Waals surface area contributed by atoms with Crippen molar-refractivity contribution in [3.63, 3.8) is 0 Å². The molecule has 1 fully saturated rings. The van der Waals surface area contributed by atoms with Crippen molar-refractivity contribution >= 4 is 43.8 Å². The van der Waals surface area contributed by atoms with E-state index in [-0.39, 0.29) is 16.1 Å². The summed E-state index contributed by atoms with van der Waals surface area (Å²) in [7, 11) is -3.93. The van der Waals surface area contributed by atoms with Gasteiger partial charge in [0.1, 0.15) is 6.04 Å². The number of rotatable bonds is 3. The second-order valence-electron chi connectivity index (χ2n) is 4.72. The summed E-state index contributed by atoms with van der Waals surface area (Å²) in [6, 6.07) is -0.780. The molecule has 1 aliphatic rings. The average Bonchev–Trinajstić information content (AvgIpc) is 2.89. The van der Waals surface area contributed by atoms with Crippen molar-refractivity contribution in [2.75, 3.05) is 6.54 Å². The smallest absolute Gasteiger partial charge is 0.260 e. The molecule has 0 spiro atoms. The number of imidazole rings is 1. The van der Waals surface area contributed by atoms with E-state index in [1.807, 2.05) is 0 Å². The van der Waals surface area contributed by atoms with Crippen LogP contribution in [0.1, 0.15) is 19.3 Å². The fraction of sp³-hybridized carbons (Fsp3) is 0.455. The molecule has 0 aliphatic carbocycles. The Bertz CT molecular complexity index is 783. The lowest BCUT2D eigenvalue weighted by Gasteiger charge is -2.15. The molecule has 114 valence electrons. The Morgan fingerprint density at radius 1 is 1.48 bits per heavy atom. The summed E-state index contributed by atoms with van der Waals surface area (Å²) < 4.78 is 28.9. The molecule has 1 saturated heterocycles. The van der Waals surface area contributed by atoms with E-state index in [0.29, 0.717) is 17.9 Å². The molecule has 0 bridgehead atoms. The largest absolute Gasteiger partial charge is 0.355 e. The summed E-state index contributed by atoms with van der Waals surface area (Å²) in [6.45, 7) is 0.569. The van der Waals surface area contributed by atoms with Gasteiger partial charge in [-0.25, -0.2) is 13.4 Å². The third kappa shape index (κ3) is 2.78. The van der Waals surface area contributed by atoms with Crippen LogP contribution in [-0.2, 0) is 14.8 Å². The zero-order valence-corrected chi connectivity index (χ0v) is 13.3. The number of carbonyl (C=O) groups is 1. The highest BCUT2D eigenvalue weighted by Gasteiger charge is 2.31. The van der Waals surface area contributed by atoms with Gasteiger partial charge in [-0.1, -0.05) is 11.6 Å². The molecular formula is C11H13ClN4O3S2. The molecular weight excluding hydrogens is 336 g/mol. The molecule has 7 nitrogen and oxygen atoms in total. The van der Waals surface area contributed by atoms with E-state index in [1.165, 1.54) is 15.7 Å². The zero-order valence-electron chi connectivity index (χ0n) is 10.9. The highest BCUT2D eigenvalue weighted by molar-refractivity contribution is 7.89. The van der Waals surface area contributed by atoms with Crippen LogP contribution < -0.4 is 10.0 Å². The van der Waals surface area contributed by atoms with Gasteiger partial charge in [-0.3, -0.25) is 9.20 Å². The molecule has 2 aromatic heterocycles. The van der Waals surface area contributed by atoms with Crippen molar-refractivity contribution in [2.45, 2.75) is 30.3 Å². The Labute approximate surface area is 130 Å². The van der Waals surface area contributed by atoms with Crippen molar-refractivity contribution in [3.05, 3.63) is 16.7 Å². The molecule has 21 heavy (non-hydrogen) atoms. The van der Waals surface area contributed by atoms with E-state index in [9.17, 15) is 13.2 Å². The van der Waals surface area contributed by atoms with Crippen LogP contribution in [-0.4, -0.2) is 36.3 Å². The minimum Gasteiger partial charge on any atom is -0.355 e. The molecule has 0 radical (unpaired) electrons. The van der Waals surface area contributed by atoms with Gasteiger partial charge in [0.05, 0.1) is 0 Å². The van der Waals surface area contributed by atoms with Crippen LogP contribution in [0.5, 0.6) is 0 Å². The maximum Gasteiger partial charge on any atom is 0.260 e. The first kappa shape index (κ1) is 14.8. The normalized spacial score (nSPS) is 20.4. The van der Waals surface area contributed by atoms with Gasteiger partial charge >= 0.3 is 0 Å². The molecule has 0 aromatic carbocycles. The Balaban J connectivity index is 1.94. The number of amides is 1. The van der Waals surface area contributed by atoms with E-state index in [4.69, 9.17) is 11.6 Å². The Morgan fingerprint density at radius 3 is 3.10 bits per heavy atom. The molecule has 1 amide bonds. The maximum absolute atomic E-state index is 12.5. The topological polar surface area (TPSA) is 92.6 Å². The second-order valence-corrected chi connectivity index (χ2v) is 7.58. The first-order valence-electron chi connectivity index (χ1n) is 6.40. The number of nitrogens with one attached hydrogen (secondary N) is 2. The SMILES string of the molecule is O=C1NCCCCC1NS(=O)(=O)c1c(Cl)nc2sccn12. The summed E-state index contributed by atoms with van der Waals surface area (Å²) in [4.78, 5) is 16.4. The lowest BCUT2D eigenvalue weighted by molar-refractivity contribution is -0.122. The summed E-state index contributed by atoms with van der Waals surface area (Å²) in [5.74, 6) is -0.307. The predicted octanol–water partition coefficient (Wildman–Crippen LogP) is 0.996. The van der Waals surface area contributed by atoms with Crippen molar-refractivity contribution < 1.29 is 13.2 Å². The number of halogens is 1. The molecule has 2 N–H and O–H groups in total. The summed E-state index contributed by atoms with van der Waals surface area (Å²) in [6.07, 6.45) is 3.67. The van der Waals surface area contributed by atoms with E-state index in [0.717, 1.165) is 12.8 Å². The maximum atomic E-state index is 12.5. The molecule has 2 aromatic rings. The third-order valence-corrected chi connectivity index (χ3v) is 5.89. The fourth-order valence-corrected chi connectivity index (χ4v) is 4.96. The van der Waals surface area contributed by atoms with Crippen LogP contribution in [0.4, 0.5) is 0 Å². The van der Waals surface area contributed by atoms with Crippen LogP contribution >= 0.6 is 22.9 Å². The summed E-state index contributed by atoms with van der Waals surface area (Å²) in [5.41, 5.74) is 0. The zero-order chi connectivity index (χ0) is 15.0. The molecule has 1 aliphatic heterocycles. The number of hydrogen-bond donors (Lipinski definition) is 2. The lowest BCUT2D eigenvalue weighted by atomic mass is 10.1. The minimum absolute atomic E-state index is 0.0941. The number of sulfonamides is 1. The minimum atomic E-state index is -3.93. The fourth-order valence-electron chi connectivity index (χ4n) is 2.27. The van der Waals surface area contributed by atoms with Gasteiger partial charge in [0.15, 0.2) is 15.1 Å². The Kier molecular flexibility index (Phi) is 3.91. The number of carbonyl (C=O) groups excluding carboxylic acids is 1. The highest BCUT2D eigenvalue weighted by atomic mass is 35.5. The van der Waals surface area contributed by atoms with Crippen molar-refractivity contribution in [1.82, 2.24) is 19.4 Å². The number of aromatic nitrogens is 2. The van der Waals surface area contributed by atoms with Crippen LogP contribution in [0.25, 0.3) is 4.96 Å². The lowest BCUT2D eigenvalue weighted by Crippen LogP contribution is -2.45. The summed E-state index contributed by atoms with van der Waals surface area (Å²) >= 11 is 7.22. The van der Waals surface area contributed by atoms with Gasteiger partial charge < -0.3 is 5.32 Å². The molecule has 3 heterocycles. The number of nitrogens with zero attached hydrogens (tertiary/aromatic N) is 2. The van der Waals surface area contributed by atoms with Crippen molar-refractivity contribution in [1.29, 1.82) is 0 Å². The van der Waals surface area contributed by atoms with E-state index in [2.05, 4.69) is 15.0 Å². The number of thiazole rings is 1. The van der Waals surface area contributed by atoms with Crippen LogP contribution in [0, 0.1) is 0 Å². The van der Waals surface area contributed by atoms with Gasteiger partial charge in [-0.2, -0.15) is 4.72 Å². The molecule has 1 unspecified atom stereocenters. The Hall–Kier alpha value is -1.16. The van der Waals surface area contributed by atoms with Gasteiger partial charge in [-0.15, -0.1) is 11.3 Å². The van der Waals surface area contributed by atoms with E-state index < -0.39 is 16.1 Å². The molecule has 3 rings (SSSR count). The van der Waals surface area contributed by atoms with E-state index >= 15 is 0 Å². The standard InChI is InChI=1S/C11H13ClN4O3S2/c12-8-10(16-5-6-20-11(16)14-8)21(18,19)15-7-3-1-2-4-13-9(7)17/h5-7,15H,1-4H2,(H,13,17). The van der Waals surface area contributed by atoms with Crippen molar-refractivity contribution in [2.24, 2.45) is 0 Å². The average molecular weight is 349 g/mol. The van der Waals surface area contributed by atoms with Gasteiger partial charge in [0.2, 0.25) is 5.91 Å². The molecule has 1 atom stereocenters. The molecule has 10 heteroatoms. The van der Waals surface area contributed by atoms with Crippen LogP contribution in [0.2, 0.25) is 5.15 Å². The molecule has 0 saturated carbocycles. The first-order valence-corrected chi connectivity index (χ1v) is 9.14. The Morgan fingerprint density at radius 2 is 2.29 bits per heavy atom. The van der Waals surface area contributed by atoms with Gasteiger partial charge in [0, 0.05) is 18.1 Å². The first-order chi connectivity index (χ1) is 9.99. The van der Waals surface area contributed by atoms with Crippen LogP contribution in [0.15, 0.2) is 16.6 Å². The van der Waals surface area contributed by atoms with Crippen molar-refractivity contribution in [3.8, 4) is 0 Å².